The van der Waals surface area contributed by atoms with Gasteiger partial charge in [-0.05, 0) is 44.2 Å². The van der Waals surface area contributed by atoms with E-state index in [-0.39, 0.29) is 11.7 Å². The summed E-state index contributed by atoms with van der Waals surface area (Å²) in [6.07, 6.45) is 1.81. The summed E-state index contributed by atoms with van der Waals surface area (Å²) in [5, 5.41) is 12.4. The van der Waals surface area contributed by atoms with Gasteiger partial charge in [0.2, 0.25) is 11.1 Å². The number of fused-ring (bicyclic) bond motifs is 3. The first-order valence-electron chi connectivity index (χ1n) is 9.79. The molecule has 2 heterocycles. The van der Waals surface area contributed by atoms with E-state index in [4.69, 9.17) is 0 Å². The fourth-order valence-electron chi connectivity index (χ4n) is 3.30. The minimum absolute atomic E-state index is 0.0179. The second-order valence-corrected chi connectivity index (χ2v) is 8.37. The second kappa shape index (κ2) is 8.69. The van der Waals surface area contributed by atoms with Gasteiger partial charge in [-0.25, -0.2) is 4.98 Å². The number of carbonyl (C=O) groups is 2. The smallest absolute Gasteiger partial charge is 0.237 e. The summed E-state index contributed by atoms with van der Waals surface area (Å²) in [4.78, 5) is 28.7. The molecular formula is C23H21N5O2S. The van der Waals surface area contributed by atoms with E-state index >= 15 is 0 Å². The van der Waals surface area contributed by atoms with Crippen molar-refractivity contribution < 1.29 is 9.59 Å². The zero-order valence-electron chi connectivity index (χ0n) is 17.2. The highest BCUT2D eigenvalue weighted by molar-refractivity contribution is 8.00. The SMILES string of the molecule is C=CCn1c2ccccc2c2nnc(S[C@H](C)C(=O)Nc3ccc(C(C)=O)cc3)nc21. The average molecular weight is 432 g/mol. The topological polar surface area (TPSA) is 89.8 Å². The lowest BCUT2D eigenvalue weighted by atomic mass is 10.1. The molecule has 0 aliphatic rings. The summed E-state index contributed by atoms with van der Waals surface area (Å²) < 4.78 is 2.04. The van der Waals surface area contributed by atoms with Crippen molar-refractivity contribution in [3.05, 3.63) is 66.7 Å². The Morgan fingerprint density at radius 2 is 1.90 bits per heavy atom. The van der Waals surface area contributed by atoms with E-state index in [9.17, 15) is 9.59 Å². The molecule has 4 rings (SSSR count). The second-order valence-electron chi connectivity index (χ2n) is 7.07. The van der Waals surface area contributed by atoms with Crippen LogP contribution >= 0.6 is 11.8 Å². The number of carbonyl (C=O) groups excluding carboxylic acids is 2. The number of rotatable bonds is 7. The number of anilines is 1. The van der Waals surface area contributed by atoms with Gasteiger partial charge in [0.1, 0.15) is 5.52 Å². The van der Waals surface area contributed by atoms with Gasteiger partial charge < -0.3 is 9.88 Å². The minimum Gasteiger partial charge on any atom is -0.325 e. The summed E-state index contributed by atoms with van der Waals surface area (Å²) in [7, 11) is 0. The van der Waals surface area contributed by atoms with Crippen LogP contribution < -0.4 is 5.32 Å². The fourth-order valence-corrected chi connectivity index (χ4v) is 4.01. The van der Waals surface area contributed by atoms with Crippen LogP contribution in [0, 0.1) is 0 Å². The van der Waals surface area contributed by atoms with Crippen molar-refractivity contribution in [1.29, 1.82) is 0 Å². The molecule has 2 aromatic carbocycles. The molecule has 0 saturated heterocycles. The molecule has 0 fully saturated rings. The standard InChI is InChI=1S/C23H21N5O2S/c1-4-13-28-19-8-6-5-7-18(19)20-21(28)25-23(27-26-20)31-15(3)22(30)24-17-11-9-16(10-12-17)14(2)29/h4-12,15H,1,13H2,2-3H3,(H,24,30)/t15-/m1/s1. The maximum absolute atomic E-state index is 12.6. The molecule has 7 nitrogen and oxygen atoms in total. The van der Waals surface area contributed by atoms with Crippen molar-refractivity contribution in [2.45, 2.75) is 30.8 Å². The van der Waals surface area contributed by atoms with Crippen LogP contribution in [0.3, 0.4) is 0 Å². The lowest BCUT2D eigenvalue weighted by Gasteiger charge is -2.11. The summed E-state index contributed by atoms with van der Waals surface area (Å²) in [6, 6.07) is 14.7. The van der Waals surface area contributed by atoms with Gasteiger partial charge >= 0.3 is 0 Å². The molecule has 8 heteroatoms. The molecule has 2 aromatic heterocycles. The predicted octanol–water partition coefficient (Wildman–Crippen LogP) is 4.49. The number of hydrogen-bond donors (Lipinski definition) is 1. The van der Waals surface area contributed by atoms with Gasteiger partial charge in [0, 0.05) is 23.2 Å². The Bertz CT molecular complexity index is 1300. The molecule has 31 heavy (non-hydrogen) atoms. The van der Waals surface area contributed by atoms with Crippen LogP contribution in [-0.2, 0) is 11.3 Å². The quantitative estimate of drug-likeness (QED) is 0.263. The molecule has 0 aliphatic heterocycles. The third-order valence-electron chi connectivity index (χ3n) is 4.88. The number of allylic oxidation sites excluding steroid dienone is 1. The number of aromatic nitrogens is 4. The lowest BCUT2D eigenvalue weighted by molar-refractivity contribution is -0.115. The molecule has 1 N–H and O–H groups in total. The molecule has 1 amide bonds. The van der Waals surface area contributed by atoms with Crippen molar-refractivity contribution in [3.8, 4) is 0 Å². The third kappa shape index (κ3) is 4.20. The van der Waals surface area contributed by atoms with E-state index in [0.717, 1.165) is 16.4 Å². The Labute approximate surface area is 183 Å². The summed E-state index contributed by atoms with van der Waals surface area (Å²) in [6.45, 7) is 7.73. The zero-order chi connectivity index (χ0) is 22.0. The number of thioether (sulfide) groups is 1. The van der Waals surface area contributed by atoms with Gasteiger partial charge in [0.25, 0.3) is 0 Å². The molecule has 0 unspecified atom stereocenters. The van der Waals surface area contributed by atoms with Crippen molar-refractivity contribution >= 4 is 51.2 Å². The van der Waals surface area contributed by atoms with E-state index < -0.39 is 5.25 Å². The van der Waals surface area contributed by atoms with Gasteiger partial charge in [-0.15, -0.1) is 16.8 Å². The first kappa shape index (κ1) is 20.7. The highest BCUT2D eigenvalue weighted by Crippen LogP contribution is 2.28. The van der Waals surface area contributed by atoms with Crippen LogP contribution in [0.15, 0.2) is 66.3 Å². The highest BCUT2D eigenvalue weighted by Gasteiger charge is 2.19. The van der Waals surface area contributed by atoms with E-state index in [1.807, 2.05) is 34.9 Å². The van der Waals surface area contributed by atoms with E-state index in [1.54, 1.807) is 31.2 Å². The molecule has 0 saturated carbocycles. The molecule has 0 spiro atoms. The Balaban J connectivity index is 1.55. The Kier molecular flexibility index (Phi) is 5.81. The van der Waals surface area contributed by atoms with E-state index in [2.05, 4.69) is 27.1 Å². The van der Waals surface area contributed by atoms with Gasteiger partial charge in [0.15, 0.2) is 11.4 Å². The molecule has 1 atom stereocenters. The van der Waals surface area contributed by atoms with Crippen molar-refractivity contribution in [1.82, 2.24) is 19.7 Å². The maximum atomic E-state index is 12.6. The number of ketones is 1. The van der Waals surface area contributed by atoms with Crippen LogP contribution in [0.25, 0.3) is 22.1 Å². The van der Waals surface area contributed by atoms with Gasteiger partial charge in [-0.1, -0.05) is 36.0 Å². The molecule has 0 radical (unpaired) electrons. The van der Waals surface area contributed by atoms with Crippen LogP contribution in [0.4, 0.5) is 5.69 Å². The maximum Gasteiger partial charge on any atom is 0.237 e. The number of para-hydroxylation sites is 1. The van der Waals surface area contributed by atoms with Crippen LogP contribution in [0.5, 0.6) is 0 Å². The zero-order valence-corrected chi connectivity index (χ0v) is 18.0. The third-order valence-corrected chi connectivity index (χ3v) is 5.83. The van der Waals surface area contributed by atoms with Crippen LogP contribution in [-0.4, -0.2) is 36.7 Å². The number of amides is 1. The number of hydrogen-bond acceptors (Lipinski definition) is 6. The van der Waals surface area contributed by atoms with Crippen LogP contribution in [0.2, 0.25) is 0 Å². The summed E-state index contributed by atoms with van der Waals surface area (Å²) in [5.74, 6) is -0.202. The fraction of sp³-hybridized carbons (Fsp3) is 0.174. The lowest BCUT2D eigenvalue weighted by Crippen LogP contribution is -2.22. The number of benzene rings is 2. The highest BCUT2D eigenvalue weighted by atomic mass is 32.2. The summed E-state index contributed by atoms with van der Waals surface area (Å²) >= 11 is 1.24. The Hall–Kier alpha value is -3.52. The molecule has 156 valence electrons. The molecule has 4 aromatic rings. The molecule has 0 aliphatic carbocycles. The Morgan fingerprint density at radius 1 is 1.16 bits per heavy atom. The first-order valence-corrected chi connectivity index (χ1v) is 10.7. The van der Waals surface area contributed by atoms with Gasteiger partial charge in [-0.3, -0.25) is 9.59 Å². The summed E-state index contributed by atoms with van der Waals surface area (Å²) in [5.41, 5.74) is 3.68. The van der Waals surface area contributed by atoms with E-state index in [0.29, 0.717) is 28.6 Å². The van der Waals surface area contributed by atoms with Crippen molar-refractivity contribution in [2.75, 3.05) is 5.32 Å². The van der Waals surface area contributed by atoms with Gasteiger partial charge in [0.05, 0.1) is 10.8 Å². The number of Topliss-reactive ketones (excluding diaryl/α,β-unsaturated/α-hetero) is 1. The van der Waals surface area contributed by atoms with Gasteiger partial charge in [-0.2, -0.15) is 0 Å². The monoisotopic (exact) mass is 431 g/mol. The van der Waals surface area contributed by atoms with Crippen LogP contribution in [0.1, 0.15) is 24.2 Å². The van der Waals surface area contributed by atoms with Crippen molar-refractivity contribution in [2.24, 2.45) is 0 Å². The van der Waals surface area contributed by atoms with E-state index in [1.165, 1.54) is 18.7 Å². The Morgan fingerprint density at radius 3 is 2.61 bits per heavy atom. The van der Waals surface area contributed by atoms with Crippen molar-refractivity contribution in [3.63, 3.8) is 0 Å². The molecular weight excluding hydrogens is 410 g/mol. The molecule has 0 bridgehead atoms. The predicted molar refractivity (Wildman–Crippen MR) is 123 cm³/mol. The number of nitrogens with zero attached hydrogens (tertiary/aromatic N) is 4. The minimum atomic E-state index is -0.441. The normalized spacial score (nSPS) is 12.1. The average Bonchev–Trinajstić information content (AvgIpc) is 3.07. The largest absolute Gasteiger partial charge is 0.325 e. The first-order chi connectivity index (χ1) is 15.0. The number of nitrogens with one attached hydrogen (secondary N) is 1.